The second-order valence-corrected chi connectivity index (χ2v) is 8.99. The first-order chi connectivity index (χ1) is 7.00. The van der Waals surface area contributed by atoms with Crippen LogP contribution in [0.4, 0.5) is 0 Å². The molecule has 0 spiro atoms. The Morgan fingerprint density at radius 1 is 1.31 bits per heavy atom. The molecule has 3 fully saturated rings. The van der Waals surface area contributed by atoms with Gasteiger partial charge in [-0.15, -0.1) is 0 Å². The van der Waals surface area contributed by atoms with Crippen LogP contribution in [0.5, 0.6) is 0 Å². The maximum absolute atomic E-state index is 11.9. The van der Waals surface area contributed by atoms with E-state index < -0.39 is 9.71 Å². The molecule has 0 aromatic carbocycles. The molecule has 3 rings (SSSR count). The van der Waals surface area contributed by atoms with E-state index in [1.165, 1.54) is 6.26 Å². The molecule has 0 aromatic rings. The van der Waals surface area contributed by atoms with Crippen molar-refractivity contribution in [2.75, 3.05) is 6.26 Å². The van der Waals surface area contributed by atoms with Crippen LogP contribution in [0.2, 0.25) is 0 Å². The van der Waals surface area contributed by atoms with Gasteiger partial charge in [0.15, 0.2) is 0 Å². The van der Waals surface area contributed by atoms with Crippen molar-refractivity contribution in [2.45, 2.75) is 40.0 Å². The zero-order chi connectivity index (χ0) is 12.4. The molecule has 0 heterocycles. The van der Waals surface area contributed by atoms with Gasteiger partial charge >= 0.3 is 0 Å². The summed E-state index contributed by atoms with van der Waals surface area (Å²) in [4.78, 5) is 11.9. The fourth-order valence-corrected chi connectivity index (χ4v) is 3.74. The molecule has 3 aliphatic carbocycles. The standard InChI is InChI=1S/C12H21NO2S/c1-10(2,3)12-6-11(7-12,8-12)9(14)13-16(4,5)15/h4,6-8H2,1-3,5H3,(H,13,14,15). The van der Waals surface area contributed by atoms with Gasteiger partial charge in [-0.1, -0.05) is 20.8 Å². The molecule has 16 heavy (non-hydrogen) atoms. The topological polar surface area (TPSA) is 46.2 Å². The Morgan fingerprint density at radius 3 is 2.06 bits per heavy atom. The molecular formula is C12H21NO2S. The van der Waals surface area contributed by atoms with E-state index in [0.717, 1.165) is 19.3 Å². The summed E-state index contributed by atoms with van der Waals surface area (Å²) in [6.07, 6.45) is 4.32. The Bertz CT molecular complexity index is 422. The van der Waals surface area contributed by atoms with Crippen molar-refractivity contribution in [2.24, 2.45) is 16.2 Å². The number of carbonyl (C=O) groups excluding carboxylic acids is 1. The molecule has 1 unspecified atom stereocenters. The van der Waals surface area contributed by atoms with Gasteiger partial charge in [0.2, 0.25) is 5.91 Å². The summed E-state index contributed by atoms with van der Waals surface area (Å²) < 4.78 is 14.0. The molecule has 0 aromatic heterocycles. The highest BCUT2D eigenvalue weighted by atomic mass is 32.2. The zero-order valence-electron chi connectivity index (χ0n) is 10.6. The lowest BCUT2D eigenvalue weighted by atomic mass is 9.29. The van der Waals surface area contributed by atoms with Crippen molar-refractivity contribution >= 4 is 21.5 Å². The molecule has 1 amide bonds. The smallest absolute Gasteiger partial charge is 0.237 e. The van der Waals surface area contributed by atoms with Gasteiger partial charge in [0.25, 0.3) is 0 Å². The SMILES string of the molecule is C=S(C)(=O)NC(=O)C12CC(C(C)(C)C)(C1)C2. The lowest BCUT2D eigenvalue weighted by Crippen LogP contribution is -2.71. The Morgan fingerprint density at radius 2 is 1.75 bits per heavy atom. The first-order valence-electron chi connectivity index (χ1n) is 5.64. The van der Waals surface area contributed by atoms with Gasteiger partial charge in [-0.25, -0.2) is 4.21 Å². The van der Waals surface area contributed by atoms with E-state index in [2.05, 4.69) is 31.4 Å². The van der Waals surface area contributed by atoms with E-state index in [1.807, 2.05) is 0 Å². The number of nitrogens with one attached hydrogen (secondary N) is 1. The van der Waals surface area contributed by atoms with Gasteiger partial charge in [0, 0.05) is 16.0 Å². The average Bonchev–Trinajstić information content (AvgIpc) is 1.68. The maximum atomic E-state index is 11.9. The van der Waals surface area contributed by atoms with E-state index in [0.29, 0.717) is 5.41 Å². The van der Waals surface area contributed by atoms with Crippen LogP contribution < -0.4 is 4.72 Å². The van der Waals surface area contributed by atoms with Crippen LogP contribution in [-0.2, 0) is 14.5 Å². The monoisotopic (exact) mass is 243 g/mol. The molecule has 3 nitrogen and oxygen atoms in total. The summed E-state index contributed by atoms with van der Waals surface area (Å²) >= 11 is 0. The second-order valence-electron chi connectivity index (χ2n) is 6.78. The summed E-state index contributed by atoms with van der Waals surface area (Å²) in [7, 11) is -2.41. The lowest BCUT2D eigenvalue weighted by molar-refractivity contribution is -0.247. The number of amides is 1. The van der Waals surface area contributed by atoms with Crippen LogP contribution in [0.3, 0.4) is 0 Å². The summed E-state index contributed by atoms with van der Waals surface area (Å²) in [5.74, 6) is 3.41. The van der Waals surface area contributed by atoms with Crippen molar-refractivity contribution in [3.63, 3.8) is 0 Å². The van der Waals surface area contributed by atoms with E-state index in [1.54, 1.807) is 0 Å². The first-order valence-corrected chi connectivity index (χ1v) is 7.78. The third-order valence-corrected chi connectivity index (χ3v) is 5.03. The summed E-state index contributed by atoms with van der Waals surface area (Å²) in [5.41, 5.74) is 0.400. The highest BCUT2D eigenvalue weighted by Gasteiger charge is 2.74. The highest BCUT2D eigenvalue weighted by Crippen LogP contribution is 2.79. The molecule has 92 valence electrons. The van der Waals surface area contributed by atoms with E-state index in [9.17, 15) is 9.00 Å². The van der Waals surface area contributed by atoms with Gasteiger partial charge in [0.05, 0.1) is 5.41 Å². The van der Waals surface area contributed by atoms with Gasteiger partial charge < -0.3 is 0 Å². The van der Waals surface area contributed by atoms with Crippen LogP contribution >= 0.6 is 0 Å². The van der Waals surface area contributed by atoms with Crippen LogP contribution in [0, 0.1) is 16.2 Å². The lowest BCUT2D eigenvalue weighted by Gasteiger charge is -2.74. The minimum atomic E-state index is -2.41. The molecule has 4 heteroatoms. The number of hydrogen-bond donors (Lipinski definition) is 1. The normalized spacial score (nSPS) is 40.2. The minimum absolute atomic E-state index is 0.0545. The van der Waals surface area contributed by atoms with Gasteiger partial charge in [-0.3, -0.25) is 9.52 Å². The molecule has 3 saturated carbocycles. The fourth-order valence-electron chi connectivity index (χ4n) is 3.13. The van der Waals surface area contributed by atoms with Crippen LogP contribution in [-0.4, -0.2) is 22.2 Å². The Balaban J connectivity index is 2.02. The summed E-state index contributed by atoms with van der Waals surface area (Å²) in [6, 6.07) is 0. The number of rotatable bonds is 2. The molecule has 3 aliphatic rings. The van der Waals surface area contributed by atoms with Crippen molar-refractivity contribution in [1.82, 2.24) is 4.72 Å². The Labute approximate surface area is 98.1 Å². The average molecular weight is 243 g/mol. The molecule has 2 bridgehead atoms. The second kappa shape index (κ2) is 2.84. The van der Waals surface area contributed by atoms with Crippen molar-refractivity contribution in [3.8, 4) is 0 Å². The summed E-state index contributed by atoms with van der Waals surface area (Å²) in [5, 5.41) is 0. The van der Waals surface area contributed by atoms with Gasteiger partial charge in [0.1, 0.15) is 0 Å². The Kier molecular flexibility index (Phi) is 2.12. The van der Waals surface area contributed by atoms with E-state index >= 15 is 0 Å². The number of hydrogen-bond acceptors (Lipinski definition) is 2. The number of carbonyl (C=O) groups is 1. The zero-order valence-corrected chi connectivity index (χ0v) is 11.4. The van der Waals surface area contributed by atoms with E-state index in [-0.39, 0.29) is 16.7 Å². The predicted molar refractivity (Wildman–Crippen MR) is 67.5 cm³/mol. The highest BCUT2D eigenvalue weighted by molar-refractivity contribution is 7.98. The van der Waals surface area contributed by atoms with Crippen molar-refractivity contribution < 1.29 is 9.00 Å². The largest absolute Gasteiger partial charge is 0.283 e. The molecule has 0 radical (unpaired) electrons. The third kappa shape index (κ3) is 1.50. The van der Waals surface area contributed by atoms with Crippen molar-refractivity contribution in [3.05, 3.63) is 0 Å². The van der Waals surface area contributed by atoms with Crippen LogP contribution in [0.1, 0.15) is 40.0 Å². The molecule has 1 N–H and O–H groups in total. The van der Waals surface area contributed by atoms with Crippen LogP contribution in [0.15, 0.2) is 0 Å². The molecular weight excluding hydrogens is 222 g/mol. The van der Waals surface area contributed by atoms with Crippen LogP contribution in [0.25, 0.3) is 0 Å². The minimum Gasteiger partial charge on any atom is -0.283 e. The fraction of sp³-hybridized carbons (Fsp3) is 0.833. The van der Waals surface area contributed by atoms with Crippen molar-refractivity contribution in [1.29, 1.82) is 0 Å². The first kappa shape index (κ1) is 12.0. The predicted octanol–water partition coefficient (Wildman–Crippen LogP) is 1.58. The quantitative estimate of drug-likeness (QED) is 0.749. The molecule has 0 saturated heterocycles. The Hall–Kier alpha value is -0.510. The van der Waals surface area contributed by atoms with E-state index in [4.69, 9.17) is 0 Å². The van der Waals surface area contributed by atoms with Gasteiger partial charge in [-0.05, 0) is 36.0 Å². The third-order valence-electron chi connectivity index (χ3n) is 4.41. The molecule has 0 aliphatic heterocycles. The molecule has 1 atom stereocenters. The maximum Gasteiger partial charge on any atom is 0.237 e. The van der Waals surface area contributed by atoms with Gasteiger partial charge in [-0.2, -0.15) is 0 Å². The summed E-state index contributed by atoms with van der Waals surface area (Å²) in [6.45, 7) is 6.70.